The lowest BCUT2D eigenvalue weighted by Crippen LogP contribution is -2.44. The van der Waals surface area contributed by atoms with Crippen molar-refractivity contribution in [1.29, 1.82) is 0 Å². The summed E-state index contributed by atoms with van der Waals surface area (Å²) in [6, 6.07) is 7.64. The van der Waals surface area contributed by atoms with Crippen LogP contribution >= 0.6 is 11.6 Å². The highest BCUT2D eigenvalue weighted by Gasteiger charge is 2.48. The van der Waals surface area contributed by atoms with Crippen LogP contribution in [0.5, 0.6) is 0 Å². The zero-order valence-corrected chi connectivity index (χ0v) is 23.5. The van der Waals surface area contributed by atoms with Gasteiger partial charge in [0.15, 0.2) is 17.3 Å². The van der Waals surface area contributed by atoms with Gasteiger partial charge in [0.1, 0.15) is 5.65 Å². The Hall–Kier alpha value is -3.83. The summed E-state index contributed by atoms with van der Waals surface area (Å²) < 4.78 is 45.3. The van der Waals surface area contributed by atoms with Crippen molar-refractivity contribution in [1.82, 2.24) is 23.5 Å². The molecule has 0 radical (unpaired) electrons. The van der Waals surface area contributed by atoms with E-state index in [2.05, 4.69) is 9.97 Å². The minimum absolute atomic E-state index is 0.0301. The number of aryl methyl sites for hydroxylation is 1. The van der Waals surface area contributed by atoms with E-state index in [1.165, 1.54) is 36.9 Å². The summed E-state index contributed by atoms with van der Waals surface area (Å²) in [4.78, 5) is 25.9. The van der Waals surface area contributed by atoms with Gasteiger partial charge < -0.3 is 9.67 Å². The highest BCUT2D eigenvalue weighted by atomic mass is 35.5. The molecule has 12 heteroatoms. The number of aliphatic carboxylic acids is 1. The molecule has 4 heterocycles. The Morgan fingerprint density at radius 3 is 2.41 bits per heavy atom. The quantitative estimate of drug-likeness (QED) is 0.271. The van der Waals surface area contributed by atoms with Gasteiger partial charge in [-0.1, -0.05) is 29.3 Å². The molecule has 3 saturated carbocycles. The second-order valence-electron chi connectivity index (χ2n) is 11.0. The molecule has 0 aliphatic heterocycles. The minimum atomic E-state index is -4.04. The molecule has 4 aromatic heterocycles. The van der Waals surface area contributed by atoms with Gasteiger partial charge in [0.25, 0.3) is 10.0 Å². The maximum Gasteiger partial charge on any atom is 0.308 e. The third-order valence-corrected chi connectivity index (χ3v) is 10.6. The first-order chi connectivity index (χ1) is 19.6. The number of nitrogens with zero attached hydrogens (tertiary/aromatic N) is 5. The molecule has 0 amide bonds. The van der Waals surface area contributed by atoms with Crippen molar-refractivity contribution < 1.29 is 22.7 Å². The lowest BCUT2D eigenvalue weighted by atomic mass is 9.61. The average Bonchev–Trinajstić information content (AvgIpc) is 3.51. The largest absolute Gasteiger partial charge is 0.481 e. The molecular formula is C29H25ClFN5O4S. The van der Waals surface area contributed by atoms with E-state index < -0.39 is 33.8 Å². The van der Waals surface area contributed by atoms with Crippen LogP contribution in [0.3, 0.4) is 0 Å². The van der Waals surface area contributed by atoms with Crippen LogP contribution < -0.4 is 0 Å². The Morgan fingerprint density at radius 2 is 1.71 bits per heavy atom. The van der Waals surface area contributed by atoms with Crippen LogP contribution in [0, 0.1) is 30.5 Å². The molecule has 0 spiro atoms. The number of carboxylic acid groups (broad SMARTS) is 1. The van der Waals surface area contributed by atoms with Gasteiger partial charge in [0, 0.05) is 35.7 Å². The highest BCUT2D eigenvalue weighted by Crippen LogP contribution is 2.52. The van der Waals surface area contributed by atoms with Crippen molar-refractivity contribution in [3.63, 3.8) is 0 Å². The summed E-state index contributed by atoms with van der Waals surface area (Å²) >= 11 is 6.27. The predicted molar refractivity (Wildman–Crippen MR) is 151 cm³/mol. The number of halogens is 2. The Labute approximate surface area is 239 Å². The number of hydrogen-bond donors (Lipinski definition) is 1. The smallest absolute Gasteiger partial charge is 0.308 e. The number of fused-ring (bicyclic) bond motifs is 5. The average molecular weight is 594 g/mol. The van der Waals surface area contributed by atoms with Gasteiger partial charge in [-0.15, -0.1) is 0 Å². The first-order valence-electron chi connectivity index (χ1n) is 13.4. The minimum Gasteiger partial charge on any atom is -0.481 e. The van der Waals surface area contributed by atoms with Crippen LogP contribution in [0.15, 0.2) is 60.0 Å². The van der Waals surface area contributed by atoms with Gasteiger partial charge in [-0.05, 0) is 62.6 Å². The van der Waals surface area contributed by atoms with E-state index in [0.29, 0.717) is 16.0 Å². The Morgan fingerprint density at radius 1 is 1.00 bits per heavy atom. The van der Waals surface area contributed by atoms with Crippen LogP contribution in [-0.2, 0) is 14.8 Å². The third kappa shape index (κ3) is 4.05. The molecule has 210 valence electrons. The summed E-state index contributed by atoms with van der Waals surface area (Å²) in [7, 11) is -4.04. The van der Waals surface area contributed by atoms with E-state index in [1.54, 1.807) is 22.8 Å². The standard InChI is InChI=1S/C29H25ClFN5O4S/c1-15-2-8-19(9-3-15)41(39,40)36-13-22(20-10-18(30)11-33-27(20)36)26-32-12-21-23(31)14-35(28(21)34-26)25-17-6-4-16(5-7-17)24(25)29(37)38/h2-3,8-14,16-17,24-25H,4-7H2,1H3,(H,37,38). The molecule has 5 aromatic rings. The van der Waals surface area contributed by atoms with E-state index >= 15 is 4.39 Å². The molecule has 1 N–H and O–H groups in total. The van der Waals surface area contributed by atoms with Crippen molar-refractivity contribution in [2.24, 2.45) is 17.8 Å². The summed E-state index contributed by atoms with van der Waals surface area (Å²) in [6.07, 6.45) is 8.91. The molecule has 41 heavy (non-hydrogen) atoms. The highest BCUT2D eigenvalue weighted by molar-refractivity contribution is 7.90. The molecule has 0 saturated heterocycles. The lowest BCUT2D eigenvalue weighted by Gasteiger charge is -2.47. The first kappa shape index (κ1) is 26.1. The Balaban J connectivity index is 1.42. The van der Waals surface area contributed by atoms with Gasteiger partial charge in [-0.3, -0.25) is 4.79 Å². The normalized spacial score (nSPS) is 22.5. The molecule has 2 bridgehead atoms. The predicted octanol–water partition coefficient (Wildman–Crippen LogP) is 5.85. The molecule has 3 fully saturated rings. The number of benzene rings is 1. The second kappa shape index (κ2) is 9.35. The molecule has 2 atom stereocenters. The first-order valence-corrected chi connectivity index (χ1v) is 15.2. The number of pyridine rings is 1. The van der Waals surface area contributed by atoms with E-state index in [0.717, 1.165) is 35.2 Å². The van der Waals surface area contributed by atoms with Gasteiger partial charge >= 0.3 is 5.97 Å². The Kier molecular flexibility index (Phi) is 5.95. The molecule has 3 aliphatic rings. The number of carboxylic acids is 1. The van der Waals surface area contributed by atoms with E-state index in [-0.39, 0.29) is 39.2 Å². The molecule has 2 unspecified atom stereocenters. The number of rotatable bonds is 5. The molecule has 9 nitrogen and oxygen atoms in total. The zero-order valence-electron chi connectivity index (χ0n) is 21.9. The number of hydrogen-bond acceptors (Lipinski definition) is 6. The lowest BCUT2D eigenvalue weighted by molar-refractivity contribution is -0.151. The van der Waals surface area contributed by atoms with Crippen molar-refractivity contribution in [2.75, 3.05) is 0 Å². The van der Waals surface area contributed by atoms with Crippen molar-refractivity contribution in [3.05, 3.63) is 71.5 Å². The zero-order chi connectivity index (χ0) is 28.6. The van der Waals surface area contributed by atoms with Crippen LogP contribution in [0.25, 0.3) is 33.5 Å². The second-order valence-corrected chi connectivity index (χ2v) is 13.3. The van der Waals surface area contributed by atoms with E-state index in [9.17, 15) is 18.3 Å². The van der Waals surface area contributed by atoms with Gasteiger partial charge in [0.05, 0.1) is 27.3 Å². The Bertz CT molecular complexity index is 1960. The maximum atomic E-state index is 15.2. The summed E-state index contributed by atoms with van der Waals surface area (Å²) in [6.45, 7) is 1.87. The van der Waals surface area contributed by atoms with Crippen LogP contribution in [-0.4, -0.2) is 43.0 Å². The van der Waals surface area contributed by atoms with Crippen molar-refractivity contribution >= 4 is 49.7 Å². The van der Waals surface area contributed by atoms with Crippen LogP contribution in [0.4, 0.5) is 4.39 Å². The van der Waals surface area contributed by atoms with Gasteiger partial charge in [-0.2, -0.15) is 0 Å². The maximum absolute atomic E-state index is 15.2. The fourth-order valence-electron chi connectivity index (χ4n) is 6.75. The molecular weight excluding hydrogens is 569 g/mol. The fourth-order valence-corrected chi connectivity index (χ4v) is 8.23. The fraction of sp³-hybridized carbons (Fsp3) is 0.310. The third-order valence-electron chi connectivity index (χ3n) is 8.70. The monoisotopic (exact) mass is 593 g/mol. The van der Waals surface area contributed by atoms with E-state index in [1.807, 2.05) is 6.92 Å². The molecule has 8 rings (SSSR count). The van der Waals surface area contributed by atoms with Crippen LogP contribution in [0.2, 0.25) is 5.02 Å². The van der Waals surface area contributed by atoms with Crippen molar-refractivity contribution in [2.45, 2.75) is 43.5 Å². The summed E-state index contributed by atoms with van der Waals surface area (Å²) in [5.74, 6) is -1.78. The van der Waals surface area contributed by atoms with Crippen molar-refractivity contribution in [3.8, 4) is 11.4 Å². The van der Waals surface area contributed by atoms with E-state index in [4.69, 9.17) is 16.6 Å². The van der Waals surface area contributed by atoms with Gasteiger partial charge in [-0.25, -0.2) is 31.7 Å². The molecule has 1 aromatic carbocycles. The summed E-state index contributed by atoms with van der Waals surface area (Å²) in [5, 5.41) is 11.0. The number of aromatic nitrogens is 5. The number of carbonyl (C=O) groups is 1. The topological polar surface area (TPSA) is 120 Å². The SMILES string of the molecule is Cc1ccc(S(=O)(=O)n2cc(-c3ncc4c(F)cn(C5C6CCC(CC6)C5C(=O)O)c4n3)c3cc(Cl)cnc32)cc1. The van der Waals surface area contributed by atoms with Crippen LogP contribution in [0.1, 0.15) is 37.3 Å². The van der Waals surface area contributed by atoms with Gasteiger partial charge in [0.2, 0.25) is 0 Å². The molecule has 3 aliphatic carbocycles. The summed E-state index contributed by atoms with van der Waals surface area (Å²) in [5.41, 5.74) is 1.68.